The van der Waals surface area contributed by atoms with Gasteiger partial charge in [0.2, 0.25) is 0 Å². The van der Waals surface area contributed by atoms with E-state index in [4.69, 9.17) is 9.84 Å². The summed E-state index contributed by atoms with van der Waals surface area (Å²) in [5, 5.41) is 8.75. The third-order valence-corrected chi connectivity index (χ3v) is 5.17. The first-order valence-electron chi connectivity index (χ1n) is 10.2. The Balaban J connectivity index is 1.69. The molecular weight excluding hydrogens is 396 g/mol. The van der Waals surface area contributed by atoms with Crippen molar-refractivity contribution in [3.8, 4) is 17.6 Å². The van der Waals surface area contributed by atoms with Gasteiger partial charge in [0.05, 0.1) is 6.04 Å². The molecule has 0 bridgehead atoms. The Morgan fingerprint density at radius 1 is 1.26 bits per heavy atom. The largest absolute Gasteiger partial charge is 0.484 e. The van der Waals surface area contributed by atoms with Crippen LogP contribution in [0.15, 0.2) is 41.2 Å². The molecule has 0 saturated heterocycles. The van der Waals surface area contributed by atoms with Crippen molar-refractivity contribution >= 4 is 11.9 Å². The van der Waals surface area contributed by atoms with Crippen LogP contribution >= 0.6 is 0 Å². The number of ether oxygens (including phenoxy) is 1. The maximum Gasteiger partial charge on any atom is 0.323 e. The monoisotopic (exact) mass is 422 g/mol. The van der Waals surface area contributed by atoms with Gasteiger partial charge in [-0.2, -0.15) is 0 Å². The lowest BCUT2D eigenvalue weighted by Crippen LogP contribution is -2.35. The molecule has 1 N–H and O–H groups in total. The Labute approximate surface area is 181 Å². The number of carboxylic acid groups (broad SMARTS) is 1. The maximum absolute atomic E-state index is 12.7. The van der Waals surface area contributed by atoms with Gasteiger partial charge in [-0.1, -0.05) is 24.0 Å². The molecule has 31 heavy (non-hydrogen) atoms. The summed E-state index contributed by atoms with van der Waals surface area (Å²) in [6.45, 7) is 3.00. The third-order valence-electron chi connectivity index (χ3n) is 5.17. The summed E-state index contributed by atoms with van der Waals surface area (Å²) in [4.78, 5) is 36.4. The zero-order valence-corrected chi connectivity index (χ0v) is 17.9. The van der Waals surface area contributed by atoms with Crippen LogP contribution in [0.3, 0.4) is 0 Å². The minimum Gasteiger partial charge on any atom is -0.484 e. The van der Waals surface area contributed by atoms with Crippen LogP contribution in [0.2, 0.25) is 0 Å². The molecule has 1 saturated carbocycles. The van der Waals surface area contributed by atoms with E-state index in [9.17, 15) is 14.4 Å². The van der Waals surface area contributed by atoms with Crippen molar-refractivity contribution in [2.75, 3.05) is 20.2 Å². The summed E-state index contributed by atoms with van der Waals surface area (Å²) in [5.74, 6) is 5.66. The summed E-state index contributed by atoms with van der Waals surface area (Å²) < 4.78 is 7.09. The van der Waals surface area contributed by atoms with E-state index in [2.05, 4.69) is 11.8 Å². The van der Waals surface area contributed by atoms with Crippen LogP contribution in [0.5, 0.6) is 5.75 Å². The quantitative estimate of drug-likeness (QED) is 0.693. The van der Waals surface area contributed by atoms with Gasteiger partial charge in [-0.15, -0.1) is 0 Å². The van der Waals surface area contributed by atoms with E-state index in [1.807, 2.05) is 31.2 Å². The SMILES string of the molecule is Cc1cc(OCC(=O)N(C)CC(=O)O)cc(=O)n1[C@H](C)c1ccc(C#CC2CC2)cc1. The fourth-order valence-corrected chi connectivity index (χ4v) is 3.22. The van der Waals surface area contributed by atoms with Crippen LogP contribution in [0.4, 0.5) is 0 Å². The van der Waals surface area contributed by atoms with Crippen LogP contribution in [0, 0.1) is 24.7 Å². The number of hydrogen-bond acceptors (Lipinski definition) is 4. The highest BCUT2D eigenvalue weighted by atomic mass is 16.5. The Kier molecular flexibility index (Phi) is 6.81. The Bertz CT molecular complexity index is 1090. The number of rotatable bonds is 7. The molecule has 1 heterocycles. The normalized spacial score (nSPS) is 13.6. The molecule has 1 fully saturated rings. The number of carbonyl (C=O) groups is 2. The van der Waals surface area contributed by atoms with E-state index in [1.54, 1.807) is 17.6 Å². The van der Waals surface area contributed by atoms with Crippen LogP contribution in [-0.2, 0) is 9.59 Å². The average Bonchev–Trinajstić information content (AvgIpc) is 3.54. The smallest absolute Gasteiger partial charge is 0.323 e. The van der Waals surface area contributed by atoms with Gasteiger partial charge >= 0.3 is 5.97 Å². The summed E-state index contributed by atoms with van der Waals surface area (Å²) in [6.07, 6.45) is 2.38. The van der Waals surface area contributed by atoms with Gasteiger partial charge in [0.15, 0.2) is 6.61 Å². The summed E-state index contributed by atoms with van der Waals surface area (Å²) in [6, 6.07) is 10.7. The molecule has 0 aliphatic heterocycles. The number of aryl methyl sites for hydroxylation is 1. The van der Waals surface area contributed by atoms with E-state index in [-0.39, 0.29) is 24.0 Å². The topological polar surface area (TPSA) is 88.8 Å². The molecule has 1 aromatic heterocycles. The molecule has 1 aliphatic rings. The third kappa shape index (κ3) is 5.98. The standard InChI is InChI=1S/C24H26N2O5/c1-16-12-21(31-15-23(28)25(3)14-24(29)30)13-22(27)26(16)17(2)20-10-8-19(9-11-20)7-6-18-4-5-18/h8-13,17-18H,4-5,14-15H2,1-3H3,(H,29,30)/t17-/m1/s1. The number of benzene rings is 1. The molecule has 1 atom stereocenters. The van der Waals surface area contributed by atoms with E-state index >= 15 is 0 Å². The van der Waals surface area contributed by atoms with Gasteiger partial charge in [0.25, 0.3) is 11.5 Å². The molecule has 1 aliphatic carbocycles. The first-order chi connectivity index (χ1) is 14.7. The minimum absolute atomic E-state index is 0.185. The zero-order valence-electron chi connectivity index (χ0n) is 17.9. The van der Waals surface area contributed by atoms with E-state index in [0.29, 0.717) is 11.6 Å². The Morgan fingerprint density at radius 3 is 2.52 bits per heavy atom. The van der Waals surface area contributed by atoms with Gasteiger partial charge in [-0.3, -0.25) is 14.4 Å². The molecule has 7 nitrogen and oxygen atoms in total. The molecule has 0 radical (unpaired) electrons. The highest BCUT2D eigenvalue weighted by molar-refractivity contribution is 5.82. The molecule has 7 heteroatoms. The number of pyridine rings is 1. The first-order valence-corrected chi connectivity index (χ1v) is 10.2. The highest BCUT2D eigenvalue weighted by Crippen LogP contribution is 2.27. The number of likely N-dealkylation sites (N-methyl/N-ethyl adjacent to an activating group) is 1. The number of nitrogens with zero attached hydrogens (tertiary/aromatic N) is 2. The first kappa shape index (κ1) is 22.2. The van der Waals surface area contributed by atoms with E-state index in [1.165, 1.54) is 26.0 Å². The van der Waals surface area contributed by atoms with Gasteiger partial charge in [0.1, 0.15) is 12.3 Å². The second-order valence-electron chi connectivity index (χ2n) is 7.81. The number of carboxylic acids is 1. The van der Waals surface area contributed by atoms with E-state index < -0.39 is 18.4 Å². The predicted molar refractivity (Wildman–Crippen MR) is 116 cm³/mol. The van der Waals surface area contributed by atoms with Crippen molar-refractivity contribution in [2.45, 2.75) is 32.7 Å². The van der Waals surface area contributed by atoms with Gasteiger partial charge in [-0.05, 0) is 50.5 Å². The molecule has 162 valence electrons. The predicted octanol–water partition coefficient (Wildman–Crippen LogP) is 2.45. The molecular formula is C24H26N2O5. The molecule has 1 aromatic carbocycles. The van der Waals surface area contributed by atoms with Crippen molar-refractivity contribution in [3.05, 3.63) is 63.6 Å². The lowest BCUT2D eigenvalue weighted by atomic mass is 10.1. The number of carbonyl (C=O) groups excluding carboxylic acids is 1. The highest BCUT2D eigenvalue weighted by Gasteiger charge is 2.18. The summed E-state index contributed by atoms with van der Waals surface area (Å²) >= 11 is 0. The molecule has 0 spiro atoms. The average molecular weight is 422 g/mol. The molecule has 1 amide bonds. The number of aliphatic carboxylic acids is 1. The lowest BCUT2D eigenvalue weighted by Gasteiger charge is -2.20. The van der Waals surface area contributed by atoms with E-state index in [0.717, 1.165) is 16.0 Å². The number of amides is 1. The summed E-state index contributed by atoms with van der Waals surface area (Å²) in [5.41, 5.74) is 2.40. The fraction of sp³-hybridized carbons (Fsp3) is 0.375. The van der Waals surface area contributed by atoms with Gasteiger partial charge < -0.3 is 19.3 Å². The van der Waals surface area contributed by atoms with Gasteiger partial charge in [-0.25, -0.2) is 0 Å². The van der Waals surface area contributed by atoms with Crippen molar-refractivity contribution < 1.29 is 19.4 Å². The second kappa shape index (κ2) is 9.52. The number of aromatic nitrogens is 1. The molecule has 2 aromatic rings. The van der Waals surface area contributed by atoms with Crippen molar-refractivity contribution in [3.63, 3.8) is 0 Å². The molecule has 3 rings (SSSR count). The van der Waals surface area contributed by atoms with Gasteiger partial charge in [0, 0.05) is 30.3 Å². The fourth-order valence-electron chi connectivity index (χ4n) is 3.22. The zero-order chi connectivity index (χ0) is 22.5. The van der Waals surface area contributed by atoms with Crippen molar-refractivity contribution in [1.82, 2.24) is 9.47 Å². The second-order valence-corrected chi connectivity index (χ2v) is 7.81. The minimum atomic E-state index is -1.11. The van der Waals surface area contributed by atoms with Crippen molar-refractivity contribution in [2.24, 2.45) is 5.92 Å². The van der Waals surface area contributed by atoms with Crippen LogP contribution in [-0.4, -0.2) is 46.6 Å². The van der Waals surface area contributed by atoms with Crippen LogP contribution in [0.25, 0.3) is 0 Å². The summed E-state index contributed by atoms with van der Waals surface area (Å²) in [7, 11) is 1.38. The van der Waals surface area contributed by atoms with Crippen molar-refractivity contribution in [1.29, 1.82) is 0 Å². The lowest BCUT2D eigenvalue weighted by molar-refractivity contribution is -0.144. The molecule has 0 unspecified atom stereocenters. The Morgan fingerprint density at radius 2 is 1.94 bits per heavy atom. The maximum atomic E-state index is 12.7. The number of hydrogen-bond donors (Lipinski definition) is 1. The van der Waals surface area contributed by atoms with Crippen LogP contribution in [0.1, 0.15) is 42.6 Å². The van der Waals surface area contributed by atoms with Crippen LogP contribution < -0.4 is 10.3 Å². The Hall–Kier alpha value is -3.53.